The number of nitrogens with zero attached hydrogens (tertiary/aromatic N) is 2. The van der Waals surface area contributed by atoms with Gasteiger partial charge in [0, 0.05) is 17.4 Å². The van der Waals surface area contributed by atoms with Crippen LogP contribution in [0, 0.1) is 0 Å². The van der Waals surface area contributed by atoms with Gasteiger partial charge >= 0.3 is 0 Å². The van der Waals surface area contributed by atoms with Crippen molar-refractivity contribution < 1.29 is 0 Å². The Morgan fingerprint density at radius 2 is 1.88 bits per heavy atom. The first kappa shape index (κ1) is 11.4. The molecule has 2 aromatic rings. The minimum atomic E-state index is -0.223. The molecule has 0 spiro atoms. The van der Waals surface area contributed by atoms with E-state index in [9.17, 15) is 0 Å². The molecule has 4 heteroatoms. The molecule has 1 unspecified atom stereocenters. The van der Waals surface area contributed by atoms with Crippen molar-refractivity contribution in [3.05, 3.63) is 59.1 Å². The van der Waals surface area contributed by atoms with Crippen molar-refractivity contribution in [2.45, 2.75) is 11.8 Å². The van der Waals surface area contributed by atoms with E-state index in [4.69, 9.17) is 23.2 Å². The summed E-state index contributed by atoms with van der Waals surface area (Å²) in [7, 11) is 0. The summed E-state index contributed by atoms with van der Waals surface area (Å²) in [4.78, 5) is 8.24. The normalized spacial score (nSPS) is 12.4. The number of rotatable bonds is 3. The first-order valence-corrected chi connectivity index (χ1v) is 5.72. The number of hydrogen-bond acceptors (Lipinski definition) is 2. The molecule has 0 aliphatic rings. The highest BCUT2D eigenvalue weighted by molar-refractivity contribution is 6.30. The third-order valence-corrected chi connectivity index (χ3v) is 2.75. The third-order valence-electron chi connectivity index (χ3n) is 2.17. The molecule has 0 saturated heterocycles. The average molecular weight is 253 g/mol. The Bertz CT molecular complexity index is 460. The van der Waals surface area contributed by atoms with Crippen LogP contribution in [0.3, 0.4) is 0 Å². The zero-order valence-electron chi connectivity index (χ0n) is 8.48. The fourth-order valence-corrected chi connectivity index (χ4v) is 1.94. The van der Waals surface area contributed by atoms with Gasteiger partial charge in [0.2, 0.25) is 0 Å². The van der Waals surface area contributed by atoms with Crippen LogP contribution >= 0.6 is 23.2 Å². The van der Waals surface area contributed by atoms with Gasteiger partial charge in [-0.15, -0.1) is 11.6 Å². The second-order valence-corrected chi connectivity index (χ2v) is 4.37. The van der Waals surface area contributed by atoms with Crippen molar-refractivity contribution in [1.29, 1.82) is 0 Å². The third kappa shape index (κ3) is 2.94. The second-order valence-electron chi connectivity index (χ2n) is 3.41. The molecular weight excluding hydrogens is 243 g/mol. The highest BCUT2D eigenvalue weighted by atomic mass is 35.5. The lowest BCUT2D eigenvalue weighted by Gasteiger charge is -2.07. The number of halogens is 2. The van der Waals surface area contributed by atoms with Gasteiger partial charge in [-0.3, -0.25) is 0 Å². The Balaban J connectivity index is 2.11. The summed E-state index contributed by atoms with van der Waals surface area (Å²) in [6.07, 6.45) is 4.05. The lowest BCUT2D eigenvalue weighted by Crippen LogP contribution is -2.00. The molecule has 0 fully saturated rings. The van der Waals surface area contributed by atoms with E-state index in [-0.39, 0.29) is 5.38 Å². The van der Waals surface area contributed by atoms with E-state index in [0.29, 0.717) is 12.2 Å². The monoisotopic (exact) mass is 252 g/mol. The van der Waals surface area contributed by atoms with Crippen molar-refractivity contribution in [2.75, 3.05) is 0 Å². The molecule has 1 aromatic carbocycles. The van der Waals surface area contributed by atoms with Crippen LogP contribution in [0.15, 0.2) is 42.7 Å². The Morgan fingerprint density at radius 1 is 1.12 bits per heavy atom. The molecule has 1 aromatic heterocycles. The average Bonchev–Trinajstić information content (AvgIpc) is 2.30. The summed E-state index contributed by atoms with van der Waals surface area (Å²) in [5.74, 6) is 0.643. The summed E-state index contributed by atoms with van der Waals surface area (Å²) in [5, 5.41) is 0.495. The molecule has 0 aliphatic carbocycles. The second kappa shape index (κ2) is 5.28. The van der Waals surface area contributed by atoms with Crippen molar-refractivity contribution in [2.24, 2.45) is 0 Å². The summed E-state index contributed by atoms with van der Waals surface area (Å²) in [6.45, 7) is 0. The molecule has 1 heterocycles. The zero-order chi connectivity index (χ0) is 11.4. The number of alkyl halides is 1. The summed E-state index contributed by atoms with van der Waals surface area (Å²) in [5.41, 5.74) is 1.08. The summed E-state index contributed by atoms with van der Waals surface area (Å²) < 4.78 is 0. The van der Waals surface area contributed by atoms with Crippen molar-refractivity contribution in [1.82, 2.24) is 9.97 Å². The highest BCUT2D eigenvalue weighted by Gasteiger charge is 2.11. The molecule has 2 rings (SSSR count). The van der Waals surface area contributed by atoms with Crippen LogP contribution < -0.4 is 0 Å². The van der Waals surface area contributed by atoms with Crippen LogP contribution in [0.2, 0.25) is 5.02 Å². The summed E-state index contributed by atoms with van der Waals surface area (Å²) in [6, 6.07) is 9.41. The van der Waals surface area contributed by atoms with Gasteiger partial charge < -0.3 is 0 Å². The number of hydrogen-bond donors (Lipinski definition) is 0. The van der Waals surface area contributed by atoms with E-state index >= 15 is 0 Å². The maximum absolute atomic E-state index is 6.22. The van der Waals surface area contributed by atoms with Gasteiger partial charge in [-0.05, 0) is 30.2 Å². The molecule has 0 N–H and O–H groups in total. The first-order valence-electron chi connectivity index (χ1n) is 4.91. The SMILES string of the molecule is Clc1cccc(CC(Cl)c2ncccn2)c1. The van der Waals surface area contributed by atoms with Gasteiger partial charge in [-0.2, -0.15) is 0 Å². The fraction of sp³-hybridized carbons (Fsp3) is 0.167. The number of aromatic nitrogens is 2. The van der Waals surface area contributed by atoms with Crippen molar-refractivity contribution in [3.8, 4) is 0 Å². The van der Waals surface area contributed by atoms with E-state index < -0.39 is 0 Å². The molecule has 0 amide bonds. The van der Waals surface area contributed by atoms with Crippen LogP contribution in [0.25, 0.3) is 0 Å². The predicted molar refractivity (Wildman–Crippen MR) is 65.8 cm³/mol. The standard InChI is InChI=1S/C12H10Cl2N2/c13-10-4-1-3-9(7-10)8-11(14)12-15-5-2-6-16-12/h1-7,11H,8H2. The van der Waals surface area contributed by atoms with Gasteiger partial charge in [0.1, 0.15) is 5.82 Å². The molecule has 2 nitrogen and oxygen atoms in total. The summed E-state index contributed by atoms with van der Waals surface area (Å²) >= 11 is 12.1. The van der Waals surface area contributed by atoms with Crippen LogP contribution in [-0.2, 0) is 6.42 Å². The molecule has 0 bridgehead atoms. The van der Waals surface area contributed by atoms with Crippen LogP contribution in [0.1, 0.15) is 16.8 Å². The predicted octanol–water partition coefficient (Wildman–Crippen LogP) is 3.65. The van der Waals surface area contributed by atoms with Crippen molar-refractivity contribution >= 4 is 23.2 Å². The lowest BCUT2D eigenvalue weighted by atomic mass is 10.1. The van der Waals surface area contributed by atoms with Crippen LogP contribution in [-0.4, -0.2) is 9.97 Å². The van der Waals surface area contributed by atoms with Gasteiger partial charge in [0.25, 0.3) is 0 Å². The van der Waals surface area contributed by atoms with Gasteiger partial charge in [0.05, 0.1) is 5.38 Å². The molecule has 0 radical (unpaired) electrons. The van der Waals surface area contributed by atoms with Crippen molar-refractivity contribution in [3.63, 3.8) is 0 Å². The minimum absolute atomic E-state index is 0.223. The molecule has 16 heavy (non-hydrogen) atoms. The highest BCUT2D eigenvalue weighted by Crippen LogP contribution is 2.22. The Kier molecular flexibility index (Phi) is 3.75. The van der Waals surface area contributed by atoms with Crippen LogP contribution in [0.4, 0.5) is 0 Å². The van der Waals surface area contributed by atoms with Crippen LogP contribution in [0.5, 0.6) is 0 Å². The van der Waals surface area contributed by atoms with E-state index in [1.54, 1.807) is 18.5 Å². The van der Waals surface area contributed by atoms with E-state index in [2.05, 4.69) is 9.97 Å². The van der Waals surface area contributed by atoms with Gasteiger partial charge in [0.15, 0.2) is 0 Å². The molecule has 0 aliphatic heterocycles. The largest absolute Gasteiger partial charge is 0.240 e. The smallest absolute Gasteiger partial charge is 0.146 e. The number of benzene rings is 1. The first-order chi connectivity index (χ1) is 7.75. The molecule has 1 atom stereocenters. The Labute approximate surface area is 104 Å². The maximum atomic E-state index is 6.22. The van der Waals surface area contributed by atoms with Gasteiger partial charge in [-0.1, -0.05) is 23.7 Å². The van der Waals surface area contributed by atoms with Gasteiger partial charge in [-0.25, -0.2) is 9.97 Å². The zero-order valence-corrected chi connectivity index (χ0v) is 9.99. The fourth-order valence-electron chi connectivity index (χ4n) is 1.43. The van der Waals surface area contributed by atoms with E-state index in [1.807, 2.05) is 24.3 Å². The Morgan fingerprint density at radius 3 is 2.56 bits per heavy atom. The van der Waals surface area contributed by atoms with E-state index in [1.165, 1.54) is 0 Å². The molecule has 0 saturated carbocycles. The van der Waals surface area contributed by atoms with E-state index in [0.717, 1.165) is 10.6 Å². The Hall–Kier alpha value is -1.12. The minimum Gasteiger partial charge on any atom is -0.240 e. The topological polar surface area (TPSA) is 25.8 Å². The lowest BCUT2D eigenvalue weighted by molar-refractivity contribution is 0.826. The maximum Gasteiger partial charge on any atom is 0.146 e. The molecule has 82 valence electrons. The quantitative estimate of drug-likeness (QED) is 0.780. The molecular formula is C12H10Cl2N2.